The van der Waals surface area contributed by atoms with Crippen molar-refractivity contribution in [3.05, 3.63) is 35.4 Å². The van der Waals surface area contributed by atoms with Crippen molar-refractivity contribution in [2.75, 3.05) is 31.3 Å². The van der Waals surface area contributed by atoms with Crippen molar-refractivity contribution in [3.8, 4) is 0 Å². The van der Waals surface area contributed by atoms with E-state index in [9.17, 15) is 14.4 Å². The number of thioether (sulfide) groups is 1. The van der Waals surface area contributed by atoms with E-state index in [4.69, 9.17) is 0 Å². The normalized spacial score (nSPS) is 27.1. The van der Waals surface area contributed by atoms with Crippen LogP contribution in [0.5, 0.6) is 0 Å². The molecule has 1 aromatic carbocycles. The summed E-state index contributed by atoms with van der Waals surface area (Å²) in [5, 5.41) is 0. The molecule has 0 aliphatic carbocycles. The maximum atomic E-state index is 12.8. The molecule has 0 N–H and O–H groups in total. The average Bonchev–Trinajstić information content (AvgIpc) is 3.23. The van der Waals surface area contributed by atoms with Gasteiger partial charge in [0.1, 0.15) is 0 Å². The Bertz CT molecular complexity index is 747. The Morgan fingerprint density at radius 2 is 1.89 bits per heavy atom. The molecular formula is C21H26N2O3S. The summed E-state index contributed by atoms with van der Waals surface area (Å²) in [6, 6.07) is 7.77. The number of carbonyl (C=O) groups excluding carboxylic acids is 3. The Hall–Kier alpha value is -1.66. The van der Waals surface area contributed by atoms with E-state index < -0.39 is 5.41 Å². The van der Waals surface area contributed by atoms with Gasteiger partial charge in [-0.3, -0.25) is 24.2 Å². The van der Waals surface area contributed by atoms with Gasteiger partial charge in [-0.25, -0.2) is 0 Å². The first-order valence-electron chi connectivity index (χ1n) is 9.74. The van der Waals surface area contributed by atoms with Crippen LogP contribution < -0.4 is 0 Å². The summed E-state index contributed by atoms with van der Waals surface area (Å²) in [7, 11) is 0. The molecule has 0 bridgehead atoms. The van der Waals surface area contributed by atoms with E-state index in [1.807, 2.05) is 31.2 Å². The number of hydrogen-bond acceptors (Lipinski definition) is 5. The fraction of sp³-hybridized carbons (Fsp3) is 0.571. The lowest BCUT2D eigenvalue weighted by Gasteiger charge is -2.33. The quantitative estimate of drug-likeness (QED) is 0.588. The first-order chi connectivity index (χ1) is 13.0. The fourth-order valence-electron chi connectivity index (χ4n) is 4.41. The minimum atomic E-state index is -0.429. The lowest BCUT2D eigenvalue weighted by molar-refractivity contribution is -0.143. The number of hydrogen-bond donors (Lipinski definition) is 0. The van der Waals surface area contributed by atoms with E-state index in [1.165, 1.54) is 4.90 Å². The molecule has 3 saturated heterocycles. The summed E-state index contributed by atoms with van der Waals surface area (Å²) < 4.78 is 0. The summed E-state index contributed by atoms with van der Waals surface area (Å²) in [4.78, 5) is 41.5. The number of carbonyl (C=O) groups is 3. The third kappa shape index (κ3) is 3.57. The molecule has 3 heterocycles. The third-order valence-corrected chi connectivity index (χ3v) is 7.48. The lowest BCUT2D eigenvalue weighted by atomic mass is 9.86. The highest BCUT2D eigenvalue weighted by atomic mass is 32.2. The Balaban J connectivity index is 1.33. The van der Waals surface area contributed by atoms with Gasteiger partial charge in [0.15, 0.2) is 5.78 Å². The molecule has 0 aromatic heterocycles. The number of amides is 2. The molecule has 1 spiro atoms. The van der Waals surface area contributed by atoms with Gasteiger partial charge in [0.2, 0.25) is 11.8 Å². The van der Waals surface area contributed by atoms with Gasteiger partial charge in [0.25, 0.3) is 0 Å². The first-order valence-corrected chi connectivity index (χ1v) is 10.9. The lowest BCUT2D eigenvalue weighted by Crippen LogP contribution is -2.46. The van der Waals surface area contributed by atoms with E-state index >= 15 is 0 Å². The molecule has 4 rings (SSSR count). The Morgan fingerprint density at radius 3 is 2.52 bits per heavy atom. The second-order valence-corrected chi connectivity index (χ2v) is 9.26. The number of piperidine rings is 1. The van der Waals surface area contributed by atoms with E-state index in [0.717, 1.165) is 55.0 Å². The molecule has 1 aromatic rings. The van der Waals surface area contributed by atoms with Gasteiger partial charge in [0, 0.05) is 36.7 Å². The van der Waals surface area contributed by atoms with Crippen LogP contribution in [0.4, 0.5) is 0 Å². The average molecular weight is 387 g/mol. The number of rotatable bonds is 4. The van der Waals surface area contributed by atoms with Gasteiger partial charge < -0.3 is 0 Å². The van der Waals surface area contributed by atoms with Crippen molar-refractivity contribution in [1.82, 2.24) is 9.80 Å². The van der Waals surface area contributed by atoms with Crippen molar-refractivity contribution >= 4 is 29.4 Å². The molecule has 1 atom stereocenters. The molecule has 1 unspecified atom stereocenters. The van der Waals surface area contributed by atoms with Crippen LogP contribution in [0.25, 0.3) is 0 Å². The summed E-state index contributed by atoms with van der Waals surface area (Å²) in [6.45, 7) is 3.90. The molecule has 3 aliphatic rings. The Kier molecular flexibility index (Phi) is 5.12. The molecule has 0 radical (unpaired) electrons. The van der Waals surface area contributed by atoms with Gasteiger partial charge in [-0.2, -0.15) is 11.8 Å². The second kappa shape index (κ2) is 7.40. The number of ketones is 1. The van der Waals surface area contributed by atoms with E-state index in [0.29, 0.717) is 13.1 Å². The van der Waals surface area contributed by atoms with Gasteiger partial charge >= 0.3 is 0 Å². The zero-order valence-corrected chi connectivity index (χ0v) is 16.6. The molecule has 5 nitrogen and oxygen atoms in total. The smallest absolute Gasteiger partial charge is 0.237 e. The number of aryl methyl sites for hydroxylation is 1. The summed E-state index contributed by atoms with van der Waals surface area (Å²) in [5.41, 5.74) is 1.51. The number of Topliss-reactive ketones (excluding diaryl/α,β-unsaturated/α-hetero) is 1. The number of likely N-dealkylation sites (tertiary alicyclic amines) is 2. The molecule has 3 fully saturated rings. The molecule has 6 heteroatoms. The standard InChI is InChI=1S/C21H26N2O3S/c1-15-2-4-16(5-3-15)19(25)17-6-9-22(10-7-17)14-23-18(24)12-21(20(23)26)8-11-27-13-21/h2-5,17H,6-14H2,1H3. The highest BCUT2D eigenvalue weighted by Gasteiger charge is 2.53. The van der Waals surface area contributed by atoms with Crippen LogP contribution in [0.15, 0.2) is 24.3 Å². The predicted molar refractivity (Wildman–Crippen MR) is 106 cm³/mol. The number of imide groups is 1. The van der Waals surface area contributed by atoms with Gasteiger partial charge in [-0.05, 0) is 31.9 Å². The Morgan fingerprint density at radius 1 is 1.19 bits per heavy atom. The minimum absolute atomic E-state index is 0.0235. The highest BCUT2D eigenvalue weighted by Crippen LogP contribution is 2.45. The van der Waals surface area contributed by atoms with Crippen LogP contribution in [0, 0.1) is 18.3 Å². The molecule has 27 heavy (non-hydrogen) atoms. The van der Waals surface area contributed by atoms with Gasteiger partial charge in [0.05, 0.1) is 12.1 Å². The van der Waals surface area contributed by atoms with E-state index in [2.05, 4.69) is 4.90 Å². The highest BCUT2D eigenvalue weighted by molar-refractivity contribution is 7.99. The molecule has 144 valence electrons. The number of benzene rings is 1. The van der Waals surface area contributed by atoms with Crippen LogP contribution in [-0.4, -0.2) is 58.7 Å². The van der Waals surface area contributed by atoms with Crippen LogP contribution >= 0.6 is 11.8 Å². The molecule has 3 aliphatic heterocycles. The van der Waals surface area contributed by atoms with Crippen LogP contribution in [-0.2, 0) is 9.59 Å². The van der Waals surface area contributed by atoms with Crippen molar-refractivity contribution < 1.29 is 14.4 Å². The van der Waals surface area contributed by atoms with Gasteiger partial charge in [-0.1, -0.05) is 29.8 Å². The molecule has 0 saturated carbocycles. The second-order valence-electron chi connectivity index (χ2n) is 8.15. The molecular weight excluding hydrogens is 360 g/mol. The fourth-order valence-corrected chi connectivity index (χ4v) is 5.85. The maximum Gasteiger partial charge on any atom is 0.237 e. The van der Waals surface area contributed by atoms with Crippen molar-refractivity contribution in [1.29, 1.82) is 0 Å². The zero-order chi connectivity index (χ0) is 19.0. The van der Waals surface area contributed by atoms with E-state index in [-0.39, 0.29) is 23.5 Å². The third-order valence-electron chi connectivity index (χ3n) is 6.23. The SMILES string of the molecule is Cc1ccc(C(=O)C2CCN(CN3C(=O)CC4(CCSC4)C3=O)CC2)cc1. The zero-order valence-electron chi connectivity index (χ0n) is 15.8. The number of nitrogens with zero attached hydrogens (tertiary/aromatic N) is 2. The summed E-state index contributed by atoms with van der Waals surface area (Å²) in [6.07, 6.45) is 2.76. The topological polar surface area (TPSA) is 57.7 Å². The first kappa shape index (κ1) is 18.7. The monoisotopic (exact) mass is 386 g/mol. The van der Waals surface area contributed by atoms with Crippen LogP contribution in [0.3, 0.4) is 0 Å². The summed E-state index contributed by atoms with van der Waals surface area (Å²) in [5.74, 6) is 1.99. The van der Waals surface area contributed by atoms with E-state index in [1.54, 1.807) is 11.8 Å². The largest absolute Gasteiger partial charge is 0.294 e. The Labute approximate surface area is 164 Å². The molecule has 2 amide bonds. The minimum Gasteiger partial charge on any atom is -0.294 e. The maximum absolute atomic E-state index is 12.8. The summed E-state index contributed by atoms with van der Waals surface area (Å²) >= 11 is 1.78. The van der Waals surface area contributed by atoms with Crippen molar-refractivity contribution in [3.63, 3.8) is 0 Å². The van der Waals surface area contributed by atoms with Gasteiger partial charge in [-0.15, -0.1) is 0 Å². The van der Waals surface area contributed by atoms with Crippen molar-refractivity contribution in [2.24, 2.45) is 11.3 Å². The van der Waals surface area contributed by atoms with Crippen LogP contribution in [0.1, 0.15) is 41.6 Å². The van der Waals surface area contributed by atoms with Crippen LogP contribution in [0.2, 0.25) is 0 Å². The predicted octanol–water partition coefficient (Wildman–Crippen LogP) is 2.73. The van der Waals surface area contributed by atoms with Crippen molar-refractivity contribution in [2.45, 2.75) is 32.6 Å².